The number of carbonyl (C=O) groups is 2. The van der Waals surface area contributed by atoms with Gasteiger partial charge in [-0.05, 0) is 23.6 Å². The third-order valence-corrected chi connectivity index (χ3v) is 2.97. The first-order valence-corrected chi connectivity index (χ1v) is 5.56. The molecule has 4 N–H and O–H groups in total. The van der Waals surface area contributed by atoms with Gasteiger partial charge in [0.05, 0.1) is 6.42 Å². The lowest BCUT2D eigenvalue weighted by atomic mass is 9.71. The van der Waals surface area contributed by atoms with Gasteiger partial charge in [0.15, 0.2) is 0 Å². The van der Waals surface area contributed by atoms with Crippen LogP contribution in [-0.2, 0) is 27.1 Å². The summed E-state index contributed by atoms with van der Waals surface area (Å²) in [6.45, 7) is 0. The van der Waals surface area contributed by atoms with Crippen LogP contribution >= 0.6 is 0 Å². The Morgan fingerprint density at radius 3 is 2.89 bits per heavy atom. The first kappa shape index (κ1) is 13.5. The summed E-state index contributed by atoms with van der Waals surface area (Å²) in [6.07, 6.45) is -0.274. The summed E-state index contributed by atoms with van der Waals surface area (Å²) in [5, 5.41) is 18.3. The van der Waals surface area contributed by atoms with Gasteiger partial charge in [-0.2, -0.15) is 0 Å². The normalized spacial score (nSPS) is 15.7. The van der Waals surface area contributed by atoms with Crippen LogP contribution in [0.25, 0.3) is 0 Å². The number of rotatable bonds is 3. The molecular weight excluding hydrogens is 256 g/mol. The molecule has 0 spiro atoms. The highest BCUT2D eigenvalue weighted by Crippen LogP contribution is 2.17. The molecule has 6 nitrogen and oxygen atoms in total. The molecule has 0 saturated heterocycles. The van der Waals surface area contributed by atoms with Crippen molar-refractivity contribution in [1.82, 2.24) is 0 Å². The van der Waals surface area contributed by atoms with E-state index in [4.69, 9.17) is 10.8 Å². The van der Waals surface area contributed by atoms with Gasteiger partial charge in [-0.3, -0.25) is 9.59 Å². The zero-order chi connectivity index (χ0) is 14.2. The summed E-state index contributed by atoms with van der Waals surface area (Å²) >= 11 is 0. The molecular formula is C11H11BFNO5. The molecule has 8 heteroatoms. The zero-order valence-electron chi connectivity index (χ0n) is 9.80. The van der Waals surface area contributed by atoms with Gasteiger partial charge in [-0.1, -0.05) is 6.07 Å². The Kier molecular flexibility index (Phi) is 3.54. The lowest BCUT2D eigenvalue weighted by Crippen LogP contribution is -2.46. The molecule has 1 atom stereocenters. The Morgan fingerprint density at radius 1 is 1.58 bits per heavy atom. The quantitative estimate of drug-likeness (QED) is 0.579. The van der Waals surface area contributed by atoms with E-state index in [9.17, 15) is 19.0 Å². The third kappa shape index (κ3) is 2.59. The highest BCUT2D eigenvalue weighted by molar-refractivity contribution is 6.63. The van der Waals surface area contributed by atoms with E-state index in [0.717, 1.165) is 6.07 Å². The van der Waals surface area contributed by atoms with Crippen molar-refractivity contribution in [2.24, 2.45) is 5.73 Å². The monoisotopic (exact) mass is 267 g/mol. The predicted octanol–water partition coefficient (Wildman–Crippen LogP) is -1.43. The molecule has 1 heterocycles. The molecule has 19 heavy (non-hydrogen) atoms. The highest BCUT2D eigenvalue weighted by Gasteiger charge is 2.35. The lowest BCUT2D eigenvalue weighted by molar-refractivity contribution is -0.138. The topological polar surface area (TPSA) is 110 Å². The number of hydrogen-bond donors (Lipinski definition) is 3. The second-order valence-electron chi connectivity index (χ2n) is 4.27. The van der Waals surface area contributed by atoms with Crippen molar-refractivity contribution in [3.05, 3.63) is 29.1 Å². The van der Waals surface area contributed by atoms with Crippen LogP contribution in [0.4, 0.5) is 4.39 Å². The molecule has 1 aliphatic heterocycles. The van der Waals surface area contributed by atoms with Crippen molar-refractivity contribution in [1.29, 1.82) is 0 Å². The number of nitrogens with two attached hydrogens (primary N) is 1. The SMILES string of the molecule is NC(Cc1ccc(F)c2c1CC(=O)OB2O)C(=O)O. The fourth-order valence-electron chi connectivity index (χ4n) is 2.04. The molecule has 0 radical (unpaired) electrons. The smallest absolute Gasteiger partial charge is 0.506 e. The molecule has 0 fully saturated rings. The summed E-state index contributed by atoms with van der Waals surface area (Å²) in [5.41, 5.74) is 5.96. The van der Waals surface area contributed by atoms with Crippen molar-refractivity contribution < 1.29 is 28.8 Å². The molecule has 2 rings (SSSR count). The Bertz CT molecular complexity index is 550. The van der Waals surface area contributed by atoms with Crippen LogP contribution in [0.2, 0.25) is 0 Å². The molecule has 0 aromatic heterocycles. The number of carboxylic acid groups (broad SMARTS) is 1. The van der Waals surface area contributed by atoms with Crippen molar-refractivity contribution in [2.45, 2.75) is 18.9 Å². The van der Waals surface area contributed by atoms with Crippen molar-refractivity contribution in [3.63, 3.8) is 0 Å². The first-order chi connectivity index (χ1) is 8.90. The number of carbonyl (C=O) groups excluding carboxylic acids is 1. The van der Waals surface area contributed by atoms with E-state index in [1.807, 2.05) is 0 Å². The average Bonchev–Trinajstić information content (AvgIpc) is 2.31. The number of benzene rings is 1. The van der Waals surface area contributed by atoms with Gasteiger partial charge in [-0.15, -0.1) is 0 Å². The molecule has 1 unspecified atom stereocenters. The number of halogens is 1. The van der Waals surface area contributed by atoms with Crippen LogP contribution < -0.4 is 11.2 Å². The van der Waals surface area contributed by atoms with E-state index >= 15 is 0 Å². The van der Waals surface area contributed by atoms with Gasteiger partial charge >= 0.3 is 13.1 Å². The number of carboxylic acids is 1. The van der Waals surface area contributed by atoms with E-state index < -0.39 is 30.9 Å². The van der Waals surface area contributed by atoms with E-state index in [1.54, 1.807) is 0 Å². The zero-order valence-corrected chi connectivity index (χ0v) is 9.80. The largest absolute Gasteiger partial charge is 0.565 e. The van der Waals surface area contributed by atoms with Gasteiger partial charge in [0, 0.05) is 5.46 Å². The maximum absolute atomic E-state index is 13.6. The number of aliphatic carboxylic acids is 1. The maximum atomic E-state index is 13.6. The Hall–Kier alpha value is -1.93. The van der Waals surface area contributed by atoms with Gasteiger partial charge in [0.2, 0.25) is 0 Å². The molecule has 0 aliphatic carbocycles. The maximum Gasteiger partial charge on any atom is 0.565 e. The van der Waals surface area contributed by atoms with Crippen molar-refractivity contribution in [2.75, 3.05) is 0 Å². The van der Waals surface area contributed by atoms with E-state index in [-0.39, 0.29) is 23.9 Å². The average molecular weight is 267 g/mol. The summed E-state index contributed by atoms with van der Waals surface area (Å²) < 4.78 is 18.2. The minimum absolute atomic E-state index is 0.0576. The summed E-state index contributed by atoms with van der Waals surface area (Å²) in [7, 11) is -1.67. The van der Waals surface area contributed by atoms with E-state index in [0.29, 0.717) is 5.56 Å². The van der Waals surface area contributed by atoms with Crippen molar-refractivity contribution in [3.8, 4) is 0 Å². The van der Waals surface area contributed by atoms with Gasteiger partial charge in [0.25, 0.3) is 5.97 Å². The minimum Gasteiger partial charge on any atom is -0.506 e. The lowest BCUT2D eigenvalue weighted by Gasteiger charge is -2.22. The van der Waals surface area contributed by atoms with Gasteiger partial charge in [0.1, 0.15) is 11.9 Å². The van der Waals surface area contributed by atoms with Crippen LogP contribution in [0.1, 0.15) is 11.1 Å². The summed E-state index contributed by atoms with van der Waals surface area (Å²) in [6, 6.07) is 1.29. The first-order valence-electron chi connectivity index (χ1n) is 5.56. The highest BCUT2D eigenvalue weighted by atomic mass is 19.1. The van der Waals surface area contributed by atoms with E-state index in [1.165, 1.54) is 6.07 Å². The molecule has 100 valence electrons. The van der Waals surface area contributed by atoms with Gasteiger partial charge in [-0.25, -0.2) is 4.39 Å². The molecule has 0 amide bonds. The Balaban J connectivity index is 2.44. The van der Waals surface area contributed by atoms with Crippen molar-refractivity contribution >= 4 is 24.5 Å². The summed E-state index contributed by atoms with van der Waals surface area (Å²) in [4.78, 5) is 22.0. The second-order valence-corrected chi connectivity index (χ2v) is 4.27. The molecule has 1 aromatic rings. The Labute approximate surface area is 108 Å². The standard InChI is InChI=1S/C11H11BFNO5/c13-7-2-1-5(3-8(14)11(16)17)6-4-9(15)19-12(18)10(6)7/h1-2,8,18H,3-4,14H2,(H,16,17). The molecule has 0 saturated carbocycles. The Morgan fingerprint density at radius 2 is 2.26 bits per heavy atom. The minimum atomic E-state index is -1.67. The fourth-order valence-corrected chi connectivity index (χ4v) is 2.04. The van der Waals surface area contributed by atoms with Crippen LogP contribution in [0, 0.1) is 5.82 Å². The van der Waals surface area contributed by atoms with Crippen LogP contribution in [-0.4, -0.2) is 35.2 Å². The van der Waals surface area contributed by atoms with Crippen LogP contribution in [0.5, 0.6) is 0 Å². The van der Waals surface area contributed by atoms with Gasteiger partial charge < -0.3 is 20.5 Å². The molecule has 0 bridgehead atoms. The second kappa shape index (κ2) is 4.98. The fraction of sp³-hybridized carbons (Fsp3) is 0.273. The third-order valence-electron chi connectivity index (χ3n) is 2.97. The van der Waals surface area contributed by atoms with Crippen LogP contribution in [0.15, 0.2) is 12.1 Å². The molecule has 1 aromatic carbocycles. The summed E-state index contributed by atoms with van der Waals surface area (Å²) in [5.74, 6) is -2.60. The van der Waals surface area contributed by atoms with Crippen LogP contribution in [0.3, 0.4) is 0 Å². The van der Waals surface area contributed by atoms with E-state index in [2.05, 4.69) is 4.65 Å². The number of fused-ring (bicyclic) bond motifs is 1. The number of hydrogen-bond acceptors (Lipinski definition) is 5. The molecule has 1 aliphatic rings. The predicted molar refractivity (Wildman–Crippen MR) is 63.1 cm³/mol.